The number of aromatic nitrogens is 2. The lowest BCUT2D eigenvalue weighted by molar-refractivity contribution is -0.0118. The van der Waals surface area contributed by atoms with Crippen LogP contribution in [-0.2, 0) is 23.5 Å². The minimum absolute atomic E-state index is 0. The van der Waals surface area contributed by atoms with Gasteiger partial charge in [-0.1, -0.05) is 12.1 Å². The van der Waals surface area contributed by atoms with Crippen molar-refractivity contribution in [3.05, 3.63) is 76.0 Å². The summed E-state index contributed by atoms with van der Waals surface area (Å²) in [5, 5.41) is 11.2. The molecule has 0 saturated heterocycles. The van der Waals surface area contributed by atoms with Crippen molar-refractivity contribution in [2.75, 3.05) is 0 Å². The number of benzene rings is 1. The molecule has 1 aromatic carbocycles. The van der Waals surface area contributed by atoms with Crippen LogP contribution in [0.2, 0.25) is 0 Å². The molecular weight excluding hydrogens is 342 g/mol. The first-order valence-corrected chi connectivity index (χ1v) is 8.37. The van der Waals surface area contributed by atoms with E-state index in [1.54, 1.807) is 17.5 Å². The minimum atomic E-state index is -0.429. The van der Waals surface area contributed by atoms with E-state index in [2.05, 4.69) is 39.2 Å². The highest BCUT2D eigenvalue weighted by Gasteiger charge is 2.42. The van der Waals surface area contributed by atoms with E-state index in [0.29, 0.717) is 12.2 Å². The molecule has 0 saturated carbocycles. The summed E-state index contributed by atoms with van der Waals surface area (Å²) in [4.78, 5) is 5.32. The van der Waals surface area contributed by atoms with Crippen LogP contribution in [0.15, 0.2) is 54.4 Å². The Morgan fingerprint density at radius 3 is 3.00 bits per heavy atom. The Balaban J connectivity index is 0.00000169. The van der Waals surface area contributed by atoms with Crippen molar-refractivity contribution in [2.24, 2.45) is 0 Å². The second-order valence-corrected chi connectivity index (χ2v) is 6.57. The molecule has 1 aliphatic heterocycles. The van der Waals surface area contributed by atoms with Gasteiger partial charge in [0.05, 0.1) is 24.6 Å². The maximum Gasteiger partial charge on any atom is 0.130 e. The number of nitrogens with zero attached hydrogens (tertiary/aromatic N) is 3. The Hall–Kier alpha value is -2.13. The Kier molecular flexibility index (Phi) is 4.72. The van der Waals surface area contributed by atoms with Crippen molar-refractivity contribution >= 4 is 23.7 Å². The van der Waals surface area contributed by atoms with Crippen molar-refractivity contribution < 1.29 is 4.74 Å². The van der Waals surface area contributed by atoms with E-state index in [1.807, 2.05) is 24.7 Å². The standard InChI is InChI=1S/C18H15N3OS.ClH/c19-11-14-3-4-16-15(10-14)12-22-18(16,17-2-1-9-23-17)5-7-21-8-6-20-13-21;/h1-4,6,8-10,13H,5,7,12H2;1H. The van der Waals surface area contributed by atoms with Gasteiger partial charge in [-0.15, -0.1) is 23.7 Å². The van der Waals surface area contributed by atoms with Crippen molar-refractivity contribution in [3.8, 4) is 6.07 Å². The number of imidazole rings is 1. The molecule has 4 rings (SSSR count). The topological polar surface area (TPSA) is 50.8 Å². The molecule has 6 heteroatoms. The van der Waals surface area contributed by atoms with Gasteiger partial charge < -0.3 is 9.30 Å². The zero-order valence-corrected chi connectivity index (χ0v) is 14.5. The molecule has 0 radical (unpaired) electrons. The van der Waals surface area contributed by atoms with E-state index >= 15 is 0 Å². The van der Waals surface area contributed by atoms with Gasteiger partial charge in [0.1, 0.15) is 5.60 Å². The van der Waals surface area contributed by atoms with Crippen molar-refractivity contribution in [1.29, 1.82) is 5.26 Å². The van der Waals surface area contributed by atoms with E-state index in [1.165, 1.54) is 10.4 Å². The highest BCUT2D eigenvalue weighted by atomic mass is 35.5. The molecule has 3 aromatic rings. The average Bonchev–Trinajstić information content (AvgIpc) is 3.33. The third kappa shape index (κ3) is 2.73. The summed E-state index contributed by atoms with van der Waals surface area (Å²) in [6, 6.07) is 12.3. The van der Waals surface area contributed by atoms with Gasteiger partial charge in [-0.25, -0.2) is 4.98 Å². The summed E-state index contributed by atoms with van der Waals surface area (Å²) in [6.45, 7) is 1.38. The van der Waals surface area contributed by atoms with Gasteiger partial charge in [-0.3, -0.25) is 0 Å². The Labute approximate surface area is 150 Å². The molecule has 0 amide bonds. The molecule has 1 atom stereocenters. The highest BCUT2D eigenvalue weighted by Crippen LogP contribution is 2.46. The molecule has 2 aromatic heterocycles. The van der Waals surface area contributed by atoms with Crippen molar-refractivity contribution in [1.82, 2.24) is 9.55 Å². The van der Waals surface area contributed by atoms with Gasteiger partial charge in [0, 0.05) is 30.2 Å². The number of nitriles is 1. The molecule has 122 valence electrons. The van der Waals surface area contributed by atoms with Crippen LogP contribution in [0.25, 0.3) is 0 Å². The van der Waals surface area contributed by atoms with Crippen molar-refractivity contribution in [2.45, 2.75) is 25.2 Å². The van der Waals surface area contributed by atoms with Crippen LogP contribution >= 0.6 is 23.7 Å². The van der Waals surface area contributed by atoms with Gasteiger partial charge in [-0.2, -0.15) is 5.26 Å². The van der Waals surface area contributed by atoms with E-state index in [0.717, 1.165) is 18.5 Å². The molecule has 0 spiro atoms. The third-order valence-corrected chi connectivity index (χ3v) is 5.36. The summed E-state index contributed by atoms with van der Waals surface area (Å²) in [5.41, 5.74) is 2.55. The first-order chi connectivity index (χ1) is 11.3. The monoisotopic (exact) mass is 357 g/mol. The van der Waals surface area contributed by atoms with Crippen LogP contribution < -0.4 is 0 Å². The van der Waals surface area contributed by atoms with E-state index in [-0.39, 0.29) is 12.4 Å². The van der Waals surface area contributed by atoms with Gasteiger partial charge in [0.25, 0.3) is 0 Å². The number of aryl methyl sites for hydroxylation is 1. The number of rotatable bonds is 4. The number of thiophene rings is 1. The SMILES string of the molecule is Cl.N#Cc1ccc2c(c1)COC2(CCn1ccnc1)c1cccs1. The predicted molar refractivity (Wildman–Crippen MR) is 95.1 cm³/mol. The third-order valence-electron chi connectivity index (χ3n) is 4.34. The lowest BCUT2D eigenvalue weighted by Gasteiger charge is -2.29. The maximum absolute atomic E-state index is 9.11. The van der Waals surface area contributed by atoms with Crippen LogP contribution in [-0.4, -0.2) is 9.55 Å². The smallest absolute Gasteiger partial charge is 0.130 e. The fraction of sp³-hybridized carbons (Fsp3) is 0.222. The zero-order chi connectivity index (χ0) is 15.7. The molecule has 0 bridgehead atoms. The molecule has 1 aliphatic rings. The van der Waals surface area contributed by atoms with Gasteiger partial charge >= 0.3 is 0 Å². The first-order valence-electron chi connectivity index (χ1n) is 7.49. The van der Waals surface area contributed by atoms with Gasteiger partial charge in [0.2, 0.25) is 0 Å². The Morgan fingerprint density at radius 2 is 2.29 bits per heavy atom. The van der Waals surface area contributed by atoms with Crippen molar-refractivity contribution in [3.63, 3.8) is 0 Å². The van der Waals surface area contributed by atoms with Crippen LogP contribution in [0, 0.1) is 11.3 Å². The lowest BCUT2D eigenvalue weighted by atomic mass is 9.87. The van der Waals surface area contributed by atoms with E-state index in [9.17, 15) is 0 Å². The number of halogens is 1. The lowest BCUT2D eigenvalue weighted by Crippen LogP contribution is -2.27. The molecule has 4 nitrogen and oxygen atoms in total. The molecule has 1 unspecified atom stereocenters. The van der Waals surface area contributed by atoms with Crippen LogP contribution in [0.3, 0.4) is 0 Å². The molecule has 0 N–H and O–H groups in total. The zero-order valence-electron chi connectivity index (χ0n) is 12.9. The molecule has 3 heterocycles. The molecule has 0 fully saturated rings. The largest absolute Gasteiger partial charge is 0.360 e. The quantitative estimate of drug-likeness (QED) is 0.706. The second-order valence-electron chi connectivity index (χ2n) is 5.63. The predicted octanol–water partition coefficient (Wildman–Crippen LogP) is 4.10. The first kappa shape index (κ1) is 16.7. The minimum Gasteiger partial charge on any atom is -0.360 e. The highest BCUT2D eigenvalue weighted by molar-refractivity contribution is 7.10. The molecular formula is C18H16ClN3OS. The average molecular weight is 358 g/mol. The molecule has 0 aliphatic carbocycles. The number of fused-ring (bicyclic) bond motifs is 1. The Morgan fingerprint density at radius 1 is 1.38 bits per heavy atom. The molecule has 24 heavy (non-hydrogen) atoms. The fourth-order valence-electron chi connectivity index (χ4n) is 3.20. The summed E-state index contributed by atoms with van der Waals surface area (Å²) in [7, 11) is 0. The van der Waals surface area contributed by atoms with Gasteiger partial charge in [0.15, 0.2) is 0 Å². The van der Waals surface area contributed by atoms with Gasteiger partial charge in [-0.05, 0) is 34.7 Å². The Bertz CT molecular complexity index is 855. The summed E-state index contributed by atoms with van der Waals surface area (Å²) in [6.07, 6.45) is 6.43. The number of ether oxygens (including phenoxy) is 1. The fourth-order valence-corrected chi connectivity index (χ4v) is 4.13. The van der Waals surface area contributed by atoms with Crippen LogP contribution in [0.1, 0.15) is 28.0 Å². The summed E-state index contributed by atoms with van der Waals surface area (Å²) in [5.74, 6) is 0. The number of hydrogen-bond donors (Lipinski definition) is 0. The van der Waals surface area contributed by atoms with Crippen LogP contribution in [0.5, 0.6) is 0 Å². The van der Waals surface area contributed by atoms with E-state index in [4.69, 9.17) is 10.00 Å². The van der Waals surface area contributed by atoms with Crippen LogP contribution in [0.4, 0.5) is 0 Å². The summed E-state index contributed by atoms with van der Waals surface area (Å²) < 4.78 is 8.39. The van der Waals surface area contributed by atoms with E-state index < -0.39 is 5.60 Å². The summed E-state index contributed by atoms with van der Waals surface area (Å²) >= 11 is 1.71. The second kappa shape index (κ2) is 6.78. The number of hydrogen-bond acceptors (Lipinski definition) is 4. The maximum atomic E-state index is 9.11. The normalized spacial score (nSPS) is 18.6.